The second-order valence-corrected chi connectivity index (χ2v) is 9.01. The highest BCUT2D eigenvalue weighted by Gasteiger charge is 2.23. The molecule has 3 aromatic rings. The lowest BCUT2D eigenvalue weighted by molar-refractivity contribution is 0.0633. The van der Waals surface area contributed by atoms with Crippen LogP contribution >= 0.6 is 11.3 Å². The molecule has 7 heteroatoms. The summed E-state index contributed by atoms with van der Waals surface area (Å²) in [6.07, 6.45) is 4.04. The van der Waals surface area contributed by atoms with Crippen molar-refractivity contribution in [1.82, 2.24) is 19.6 Å². The summed E-state index contributed by atoms with van der Waals surface area (Å²) >= 11 is 1.51. The van der Waals surface area contributed by atoms with Crippen LogP contribution in [-0.4, -0.2) is 51.7 Å². The van der Waals surface area contributed by atoms with Crippen LogP contribution in [0.2, 0.25) is 0 Å². The highest BCUT2D eigenvalue weighted by molar-refractivity contribution is 7.12. The number of carbonyl (C=O) groups excluding carboxylic acids is 1. The molecule has 0 saturated carbocycles. The Morgan fingerprint density at radius 3 is 2.55 bits per heavy atom. The number of amides is 1. The number of hydrogen-bond acceptors (Lipinski definition) is 5. The average molecular weight is 439 g/mol. The first-order valence-corrected chi connectivity index (χ1v) is 11.7. The van der Waals surface area contributed by atoms with E-state index in [9.17, 15) is 4.79 Å². The quantitative estimate of drug-likeness (QED) is 0.557. The van der Waals surface area contributed by atoms with Gasteiger partial charge in [-0.1, -0.05) is 18.2 Å². The molecule has 4 rings (SSSR count). The molecule has 1 saturated heterocycles. The number of nitrogens with zero attached hydrogens (tertiary/aromatic N) is 4. The number of benzene rings is 1. The van der Waals surface area contributed by atoms with Gasteiger partial charge < -0.3 is 9.64 Å². The van der Waals surface area contributed by atoms with Crippen molar-refractivity contribution in [2.24, 2.45) is 0 Å². The summed E-state index contributed by atoms with van der Waals surface area (Å²) in [5, 5.41) is 6.38. The third kappa shape index (κ3) is 5.17. The molecule has 0 spiro atoms. The van der Waals surface area contributed by atoms with Crippen LogP contribution in [-0.2, 0) is 19.7 Å². The van der Waals surface area contributed by atoms with Crippen LogP contribution in [0.1, 0.15) is 38.8 Å². The molecule has 164 valence electrons. The molecule has 3 heterocycles. The molecule has 0 radical (unpaired) electrons. The van der Waals surface area contributed by atoms with Crippen LogP contribution in [0.3, 0.4) is 0 Å². The van der Waals surface area contributed by atoms with E-state index in [2.05, 4.69) is 49.1 Å². The van der Waals surface area contributed by atoms with E-state index in [0.29, 0.717) is 6.61 Å². The molecule has 31 heavy (non-hydrogen) atoms. The molecule has 0 unspecified atom stereocenters. The van der Waals surface area contributed by atoms with E-state index in [1.165, 1.54) is 16.9 Å². The van der Waals surface area contributed by atoms with Crippen molar-refractivity contribution in [1.29, 1.82) is 0 Å². The number of rotatable bonds is 7. The Bertz CT molecular complexity index is 1010. The summed E-state index contributed by atoms with van der Waals surface area (Å²) < 4.78 is 7.99. The zero-order valence-electron chi connectivity index (χ0n) is 18.5. The Morgan fingerprint density at radius 1 is 1.13 bits per heavy atom. The molecule has 0 aliphatic carbocycles. The predicted octanol–water partition coefficient (Wildman–Crippen LogP) is 4.12. The first-order chi connectivity index (χ1) is 15.0. The SMILES string of the molecule is CCn1cc(CN2CCN(C(=O)c3cc(COc4c(C)cccc4C)cs3)CC2)cn1. The second-order valence-electron chi connectivity index (χ2n) is 8.10. The molecule has 1 aromatic carbocycles. The van der Waals surface area contributed by atoms with Gasteiger partial charge in [-0.3, -0.25) is 14.4 Å². The highest BCUT2D eigenvalue weighted by Crippen LogP contribution is 2.25. The highest BCUT2D eigenvalue weighted by atomic mass is 32.1. The minimum Gasteiger partial charge on any atom is -0.488 e. The summed E-state index contributed by atoms with van der Waals surface area (Å²) in [5.41, 5.74) is 4.54. The van der Waals surface area contributed by atoms with Crippen molar-refractivity contribution in [2.45, 2.75) is 40.5 Å². The van der Waals surface area contributed by atoms with E-state index in [1.807, 2.05) is 33.3 Å². The number of ether oxygens (including phenoxy) is 1. The largest absolute Gasteiger partial charge is 0.488 e. The van der Waals surface area contributed by atoms with Crippen molar-refractivity contribution >= 4 is 17.2 Å². The minimum atomic E-state index is 0.127. The molecule has 0 bridgehead atoms. The van der Waals surface area contributed by atoms with Crippen LogP contribution in [0.25, 0.3) is 0 Å². The van der Waals surface area contributed by atoms with E-state index in [4.69, 9.17) is 4.74 Å². The van der Waals surface area contributed by atoms with Crippen molar-refractivity contribution < 1.29 is 9.53 Å². The number of thiophene rings is 1. The van der Waals surface area contributed by atoms with Gasteiger partial charge in [0, 0.05) is 56.6 Å². The second kappa shape index (κ2) is 9.66. The Hall–Kier alpha value is -2.64. The summed E-state index contributed by atoms with van der Waals surface area (Å²) in [7, 11) is 0. The van der Waals surface area contributed by atoms with Gasteiger partial charge in [0.05, 0.1) is 11.1 Å². The lowest BCUT2D eigenvalue weighted by Gasteiger charge is -2.34. The van der Waals surface area contributed by atoms with E-state index in [1.54, 1.807) is 0 Å². The average Bonchev–Trinajstić information content (AvgIpc) is 3.43. The zero-order valence-corrected chi connectivity index (χ0v) is 19.3. The summed E-state index contributed by atoms with van der Waals surface area (Å²) in [6.45, 7) is 11.7. The van der Waals surface area contributed by atoms with Crippen LogP contribution in [0, 0.1) is 13.8 Å². The standard InChI is InChI=1S/C24H30N4O2S/c1-4-28-15-21(13-25-28)14-26-8-10-27(11-9-26)24(29)22-12-20(17-31-22)16-30-23-18(2)6-5-7-19(23)3/h5-7,12-13,15,17H,4,8-11,14,16H2,1-3H3. The van der Waals surface area contributed by atoms with Gasteiger partial charge in [0.1, 0.15) is 12.4 Å². The maximum atomic E-state index is 13.0. The topological polar surface area (TPSA) is 50.6 Å². The number of aryl methyl sites for hydroxylation is 3. The van der Waals surface area contributed by atoms with Crippen LogP contribution < -0.4 is 4.74 Å². The number of hydrogen-bond donors (Lipinski definition) is 0. The molecular formula is C24H30N4O2S. The van der Waals surface area contributed by atoms with Gasteiger partial charge in [-0.25, -0.2) is 0 Å². The van der Waals surface area contributed by atoms with E-state index in [0.717, 1.165) is 66.6 Å². The first-order valence-electron chi connectivity index (χ1n) is 10.8. The normalized spacial score (nSPS) is 14.7. The van der Waals surface area contributed by atoms with E-state index in [-0.39, 0.29) is 5.91 Å². The van der Waals surface area contributed by atoms with Crippen LogP contribution in [0.4, 0.5) is 0 Å². The zero-order chi connectivity index (χ0) is 21.8. The molecule has 1 aliphatic heterocycles. The van der Waals surface area contributed by atoms with Crippen molar-refractivity contribution in [3.05, 3.63) is 69.2 Å². The Balaban J connectivity index is 1.29. The molecule has 1 aliphatic rings. The minimum absolute atomic E-state index is 0.127. The van der Waals surface area contributed by atoms with Crippen molar-refractivity contribution in [3.8, 4) is 5.75 Å². The Kier molecular flexibility index (Phi) is 6.73. The maximum Gasteiger partial charge on any atom is 0.264 e. The van der Waals surface area contributed by atoms with Gasteiger partial charge in [0.2, 0.25) is 0 Å². The Morgan fingerprint density at radius 2 is 1.87 bits per heavy atom. The molecule has 0 atom stereocenters. The molecule has 6 nitrogen and oxygen atoms in total. The van der Waals surface area contributed by atoms with Gasteiger partial charge >= 0.3 is 0 Å². The first kappa shape index (κ1) is 21.6. The molecule has 1 amide bonds. The van der Waals surface area contributed by atoms with Gasteiger partial charge in [-0.05, 0) is 43.3 Å². The Labute approximate surface area is 188 Å². The van der Waals surface area contributed by atoms with Crippen LogP contribution in [0.5, 0.6) is 5.75 Å². The molecule has 0 N–H and O–H groups in total. The number of aromatic nitrogens is 2. The molecule has 1 fully saturated rings. The van der Waals surface area contributed by atoms with Gasteiger partial charge in [-0.15, -0.1) is 11.3 Å². The number of carbonyl (C=O) groups is 1. The van der Waals surface area contributed by atoms with Gasteiger partial charge in [0.15, 0.2) is 0 Å². The molecular weight excluding hydrogens is 408 g/mol. The van der Waals surface area contributed by atoms with Crippen LogP contribution in [0.15, 0.2) is 42.0 Å². The summed E-state index contributed by atoms with van der Waals surface area (Å²) in [5.74, 6) is 1.06. The third-order valence-electron chi connectivity index (χ3n) is 5.73. The lowest BCUT2D eigenvalue weighted by Crippen LogP contribution is -2.48. The smallest absolute Gasteiger partial charge is 0.264 e. The van der Waals surface area contributed by atoms with Gasteiger partial charge in [-0.2, -0.15) is 5.10 Å². The molecule has 2 aromatic heterocycles. The van der Waals surface area contributed by atoms with Crippen molar-refractivity contribution in [3.63, 3.8) is 0 Å². The fourth-order valence-electron chi connectivity index (χ4n) is 3.93. The predicted molar refractivity (Wildman–Crippen MR) is 124 cm³/mol. The van der Waals surface area contributed by atoms with E-state index < -0.39 is 0 Å². The number of para-hydroxylation sites is 1. The van der Waals surface area contributed by atoms with E-state index >= 15 is 0 Å². The summed E-state index contributed by atoms with van der Waals surface area (Å²) in [4.78, 5) is 18.1. The number of piperazine rings is 1. The monoisotopic (exact) mass is 438 g/mol. The lowest BCUT2D eigenvalue weighted by atomic mass is 10.1. The van der Waals surface area contributed by atoms with Gasteiger partial charge in [0.25, 0.3) is 5.91 Å². The van der Waals surface area contributed by atoms with Crippen molar-refractivity contribution in [2.75, 3.05) is 26.2 Å². The third-order valence-corrected chi connectivity index (χ3v) is 6.70. The fraction of sp³-hybridized carbons (Fsp3) is 0.417. The summed E-state index contributed by atoms with van der Waals surface area (Å²) in [6, 6.07) is 8.13. The fourth-order valence-corrected chi connectivity index (χ4v) is 4.79. The maximum absolute atomic E-state index is 13.0.